The average molecular weight is 304 g/mol. The predicted octanol–water partition coefficient (Wildman–Crippen LogP) is 5.08. The fraction of sp³-hybridized carbons (Fsp3) is 0.600. The topological polar surface area (TPSA) is 29.5 Å². The minimum Gasteiger partial charge on any atom is -0.491 e. The lowest BCUT2D eigenvalue weighted by Crippen LogP contribution is -2.05. The largest absolute Gasteiger partial charge is 0.491 e. The summed E-state index contributed by atoms with van der Waals surface area (Å²) in [5.41, 5.74) is 2.60. The molecule has 0 saturated heterocycles. The molecule has 0 fully saturated rings. The van der Waals surface area contributed by atoms with Crippen molar-refractivity contribution in [1.29, 1.82) is 0 Å². The van der Waals surface area contributed by atoms with Crippen LogP contribution in [0, 0.1) is 0 Å². The molecular formula is C20H32O2. The van der Waals surface area contributed by atoms with Crippen LogP contribution < -0.4 is 4.74 Å². The molecule has 1 rings (SSSR count). The highest BCUT2D eigenvalue weighted by Crippen LogP contribution is 2.25. The van der Waals surface area contributed by atoms with Crippen LogP contribution in [-0.2, 0) is 12.8 Å². The molecule has 0 unspecified atom stereocenters. The summed E-state index contributed by atoms with van der Waals surface area (Å²) in [6, 6.07) is 6.24. The van der Waals surface area contributed by atoms with Gasteiger partial charge < -0.3 is 9.84 Å². The number of allylic oxidation sites excluding steroid dienone is 1. The van der Waals surface area contributed by atoms with Crippen molar-refractivity contribution >= 4 is 0 Å². The Labute approximate surface area is 136 Å². The first kappa shape index (κ1) is 18.8. The van der Waals surface area contributed by atoms with Crippen LogP contribution in [0.5, 0.6) is 5.75 Å². The summed E-state index contributed by atoms with van der Waals surface area (Å²) in [6.45, 7) is 6.51. The summed E-state index contributed by atoms with van der Waals surface area (Å²) in [5.74, 6) is 0.898. The van der Waals surface area contributed by atoms with E-state index in [9.17, 15) is 0 Å². The van der Waals surface area contributed by atoms with Gasteiger partial charge in [0.25, 0.3) is 0 Å². The molecule has 1 aromatic carbocycles. The number of aryl methyl sites for hydroxylation is 1. The van der Waals surface area contributed by atoms with Crippen LogP contribution in [0.1, 0.15) is 63.0 Å². The van der Waals surface area contributed by atoms with E-state index in [2.05, 4.69) is 25.6 Å². The zero-order chi connectivity index (χ0) is 16.0. The summed E-state index contributed by atoms with van der Waals surface area (Å²) in [7, 11) is 0. The second-order valence-corrected chi connectivity index (χ2v) is 5.83. The zero-order valence-electron chi connectivity index (χ0n) is 14.2. The zero-order valence-corrected chi connectivity index (χ0v) is 14.2. The van der Waals surface area contributed by atoms with E-state index in [0.29, 0.717) is 6.61 Å². The van der Waals surface area contributed by atoms with E-state index >= 15 is 0 Å². The van der Waals surface area contributed by atoms with Gasteiger partial charge in [0.05, 0.1) is 6.61 Å². The molecule has 2 heteroatoms. The minimum atomic E-state index is 0.0511. The van der Waals surface area contributed by atoms with Gasteiger partial charge in [-0.15, -0.1) is 6.58 Å². The van der Waals surface area contributed by atoms with E-state index in [4.69, 9.17) is 9.84 Å². The molecule has 0 atom stereocenters. The summed E-state index contributed by atoms with van der Waals surface area (Å²) in [4.78, 5) is 0. The van der Waals surface area contributed by atoms with Crippen LogP contribution in [-0.4, -0.2) is 18.3 Å². The summed E-state index contributed by atoms with van der Waals surface area (Å²) >= 11 is 0. The number of aliphatic hydroxyl groups excluding tert-OH is 1. The van der Waals surface area contributed by atoms with Gasteiger partial charge in [-0.2, -0.15) is 0 Å². The number of unbranched alkanes of at least 4 members (excludes halogenated alkanes) is 6. The lowest BCUT2D eigenvalue weighted by molar-refractivity contribution is 0.200. The number of aliphatic hydroxyl groups is 1. The van der Waals surface area contributed by atoms with Gasteiger partial charge in [-0.1, -0.05) is 63.7 Å². The van der Waals surface area contributed by atoms with Crippen molar-refractivity contribution in [2.45, 2.75) is 64.7 Å². The van der Waals surface area contributed by atoms with Crippen LogP contribution in [0.2, 0.25) is 0 Å². The van der Waals surface area contributed by atoms with Gasteiger partial charge in [-0.3, -0.25) is 0 Å². The Bertz CT molecular complexity index is 412. The Morgan fingerprint density at radius 2 is 1.82 bits per heavy atom. The second-order valence-electron chi connectivity index (χ2n) is 5.83. The molecular weight excluding hydrogens is 272 g/mol. The number of hydrogen-bond donors (Lipinski definition) is 1. The van der Waals surface area contributed by atoms with Gasteiger partial charge in [-0.05, 0) is 30.9 Å². The third-order valence-corrected chi connectivity index (χ3v) is 3.98. The Morgan fingerprint density at radius 1 is 1.09 bits per heavy atom. The number of hydrogen-bond acceptors (Lipinski definition) is 2. The molecule has 1 aromatic rings. The Kier molecular flexibility index (Phi) is 10.5. The van der Waals surface area contributed by atoms with Crippen LogP contribution in [0.3, 0.4) is 0 Å². The first-order valence-corrected chi connectivity index (χ1v) is 8.78. The van der Waals surface area contributed by atoms with E-state index in [1.807, 2.05) is 12.1 Å². The van der Waals surface area contributed by atoms with Crippen molar-refractivity contribution in [1.82, 2.24) is 0 Å². The molecule has 0 aromatic heterocycles. The van der Waals surface area contributed by atoms with E-state index in [1.54, 1.807) is 0 Å². The molecule has 0 bridgehead atoms. The average Bonchev–Trinajstić information content (AvgIpc) is 2.54. The van der Waals surface area contributed by atoms with Gasteiger partial charge in [0.1, 0.15) is 12.4 Å². The van der Waals surface area contributed by atoms with Crippen molar-refractivity contribution in [2.24, 2.45) is 0 Å². The third kappa shape index (κ3) is 7.13. The highest BCUT2D eigenvalue weighted by atomic mass is 16.5. The minimum absolute atomic E-state index is 0.0511. The van der Waals surface area contributed by atoms with Crippen molar-refractivity contribution in [3.63, 3.8) is 0 Å². The van der Waals surface area contributed by atoms with Crippen LogP contribution in [0.4, 0.5) is 0 Å². The Hall–Kier alpha value is -1.28. The number of benzene rings is 1. The van der Waals surface area contributed by atoms with E-state index < -0.39 is 0 Å². The molecule has 0 aliphatic heterocycles. The first-order chi connectivity index (χ1) is 10.8. The van der Waals surface area contributed by atoms with Crippen LogP contribution >= 0.6 is 0 Å². The smallest absolute Gasteiger partial charge is 0.123 e. The van der Waals surface area contributed by atoms with Crippen molar-refractivity contribution in [3.8, 4) is 5.75 Å². The fourth-order valence-electron chi connectivity index (χ4n) is 2.78. The van der Waals surface area contributed by atoms with Crippen molar-refractivity contribution in [3.05, 3.63) is 42.0 Å². The lowest BCUT2D eigenvalue weighted by atomic mass is 9.97. The number of rotatable bonds is 13. The monoisotopic (exact) mass is 304 g/mol. The second kappa shape index (κ2) is 12.3. The molecule has 0 spiro atoms. The maximum Gasteiger partial charge on any atom is 0.123 e. The SMILES string of the molecule is C=CCc1c(CCCCCCCCC)cccc1OCCO. The Balaban J connectivity index is 2.48. The van der Waals surface area contributed by atoms with Crippen molar-refractivity contribution < 1.29 is 9.84 Å². The quantitative estimate of drug-likeness (QED) is 0.407. The van der Waals surface area contributed by atoms with Crippen LogP contribution in [0.25, 0.3) is 0 Å². The molecule has 0 amide bonds. The van der Waals surface area contributed by atoms with E-state index in [-0.39, 0.29) is 6.61 Å². The summed E-state index contributed by atoms with van der Waals surface area (Å²) < 4.78 is 5.65. The maximum atomic E-state index is 8.93. The predicted molar refractivity (Wildman–Crippen MR) is 94.6 cm³/mol. The molecule has 0 aliphatic carbocycles. The molecule has 22 heavy (non-hydrogen) atoms. The van der Waals surface area contributed by atoms with Gasteiger partial charge in [-0.25, -0.2) is 0 Å². The molecule has 0 heterocycles. The van der Waals surface area contributed by atoms with E-state index in [0.717, 1.165) is 18.6 Å². The molecule has 1 N–H and O–H groups in total. The maximum absolute atomic E-state index is 8.93. The first-order valence-electron chi connectivity index (χ1n) is 8.78. The summed E-state index contributed by atoms with van der Waals surface area (Å²) in [5, 5.41) is 8.93. The van der Waals surface area contributed by atoms with Gasteiger partial charge in [0.2, 0.25) is 0 Å². The molecule has 0 aliphatic rings. The van der Waals surface area contributed by atoms with Gasteiger partial charge in [0.15, 0.2) is 0 Å². The Morgan fingerprint density at radius 3 is 2.50 bits per heavy atom. The number of ether oxygens (including phenoxy) is 1. The molecule has 0 radical (unpaired) electrons. The van der Waals surface area contributed by atoms with Crippen LogP contribution in [0.15, 0.2) is 30.9 Å². The molecule has 0 saturated carbocycles. The normalized spacial score (nSPS) is 10.6. The fourth-order valence-corrected chi connectivity index (χ4v) is 2.78. The lowest BCUT2D eigenvalue weighted by Gasteiger charge is -2.14. The highest BCUT2D eigenvalue weighted by Gasteiger charge is 2.08. The van der Waals surface area contributed by atoms with E-state index in [1.165, 1.54) is 56.1 Å². The highest BCUT2D eigenvalue weighted by molar-refractivity contribution is 5.41. The summed E-state index contributed by atoms with van der Waals surface area (Å²) in [6.07, 6.45) is 13.2. The molecule has 2 nitrogen and oxygen atoms in total. The van der Waals surface area contributed by atoms with Gasteiger partial charge >= 0.3 is 0 Å². The third-order valence-electron chi connectivity index (χ3n) is 3.98. The standard InChI is InChI=1S/C20H32O2/c1-3-5-6-7-8-9-10-13-18-14-11-15-20(22-17-16-21)19(18)12-4-2/h4,11,14-15,21H,2-3,5-10,12-13,16-17H2,1H3. The molecule has 124 valence electrons. The van der Waals surface area contributed by atoms with Crippen molar-refractivity contribution in [2.75, 3.05) is 13.2 Å². The van der Waals surface area contributed by atoms with Gasteiger partial charge in [0, 0.05) is 5.56 Å².